The third kappa shape index (κ3) is 5.90. The van der Waals surface area contributed by atoms with E-state index in [-0.39, 0.29) is 25.1 Å². The predicted octanol–water partition coefficient (Wildman–Crippen LogP) is 3.89. The Morgan fingerprint density at radius 1 is 1.18 bits per heavy atom. The number of rotatable bonds is 7. The first-order valence-corrected chi connectivity index (χ1v) is 13.1. The molecule has 38 heavy (non-hydrogen) atoms. The number of nitriles is 1. The van der Waals surface area contributed by atoms with Gasteiger partial charge in [-0.2, -0.15) is 15.2 Å². The number of halogens is 1. The van der Waals surface area contributed by atoms with Crippen LogP contribution in [0.4, 0.5) is 10.6 Å². The highest BCUT2D eigenvalue weighted by atomic mass is 35.5. The molecular formula is C27H30ClN7O3. The topological polar surface area (TPSA) is 108 Å². The number of aromatic nitrogens is 3. The molecule has 2 saturated heterocycles. The van der Waals surface area contributed by atoms with E-state index >= 15 is 0 Å². The van der Waals surface area contributed by atoms with E-state index in [1.165, 1.54) is 0 Å². The van der Waals surface area contributed by atoms with Gasteiger partial charge in [-0.3, -0.25) is 0 Å². The predicted molar refractivity (Wildman–Crippen MR) is 143 cm³/mol. The Kier molecular flexibility index (Phi) is 8.05. The van der Waals surface area contributed by atoms with Gasteiger partial charge in [0.2, 0.25) is 0 Å². The molecule has 3 aromatic rings. The number of hydrogen-bond donors (Lipinski definition) is 0. The van der Waals surface area contributed by atoms with Gasteiger partial charge in [0.05, 0.1) is 29.4 Å². The van der Waals surface area contributed by atoms with Crippen molar-refractivity contribution < 1.29 is 14.3 Å². The average molecular weight is 536 g/mol. The molecule has 2 aliphatic heterocycles. The minimum atomic E-state index is -0.431. The number of ether oxygens (including phenoxy) is 2. The molecule has 4 heterocycles. The summed E-state index contributed by atoms with van der Waals surface area (Å²) >= 11 is 6.17. The summed E-state index contributed by atoms with van der Waals surface area (Å²) in [6.45, 7) is 3.03. The van der Waals surface area contributed by atoms with E-state index in [1.54, 1.807) is 17.2 Å². The number of amides is 1. The molecule has 0 radical (unpaired) electrons. The molecule has 2 aliphatic rings. The van der Waals surface area contributed by atoms with Crippen molar-refractivity contribution in [2.75, 3.05) is 44.7 Å². The van der Waals surface area contributed by atoms with Gasteiger partial charge in [0.1, 0.15) is 24.2 Å². The van der Waals surface area contributed by atoms with Gasteiger partial charge < -0.3 is 24.2 Å². The molecule has 0 saturated carbocycles. The number of carbonyl (C=O) groups is 1. The first kappa shape index (κ1) is 25.9. The number of piperazine rings is 1. The minimum Gasteiger partial charge on any atom is -0.462 e. The SMILES string of the molecule is CN1CCC[C@H]1COc1nc(N2CCN(C(=O)OCc3ccccc3)[C@@H](CC#N)C2)c2cnc(Cl)cc2n1. The molecule has 10 nitrogen and oxygen atoms in total. The van der Waals surface area contributed by atoms with Crippen LogP contribution in [0.5, 0.6) is 6.01 Å². The molecule has 2 aromatic heterocycles. The smallest absolute Gasteiger partial charge is 0.410 e. The lowest BCUT2D eigenvalue weighted by Crippen LogP contribution is -2.55. The fourth-order valence-corrected chi connectivity index (χ4v) is 5.15. The van der Waals surface area contributed by atoms with E-state index in [9.17, 15) is 10.1 Å². The van der Waals surface area contributed by atoms with E-state index in [0.29, 0.717) is 48.8 Å². The lowest BCUT2D eigenvalue weighted by molar-refractivity contribution is 0.0768. The van der Waals surface area contributed by atoms with Crippen LogP contribution in [-0.4, -0.2) is 82.8 Å². The first-order chi connectivity index (χ1) is 18.5. The van der Waals surface area contributed by atoms with Crippen LogP contribution in [0.15, 0.2) is 42.6 Å². The van der Waals surface area contributed by atoms with Crippen LogP contribution in [-0.2, 0) is 11.3 Å². The largest absolute Gasteiger partial charge is 0.462 e. The molecule has 2 fully saturated rings. The van der Waals surface area contributed by atoms with E-state index < -0.39 is 6.09 Å². The molecule has 0 aliphatic carbocycles. The summed E-state index contributed by atoms with van der Waals surface area (Å²) in [6, 6.07) is 13.7. The van der Waals surface area contributed by atoms with Crippen molar-refractivity contribution in [1.29, 1.82) is 5.26 Å². The molecule has 0 spiro atoms. The van der Waals surface area contributed by atoms with Crippen molar-refractivity contribution in [1.82, 2.24) is 24.8 Å². The standard InChI is InChI=1S/C27H30ClN7O3/c1-33-11-5-8-21(33)18-37-26-31-23-14-24(28)30-15-22(23)25(32-26)34-12-13-35(20(16-34)9-10-29)27(36)38-17-19-6-3-2-4-7-19/h2-4,6-7,14-15,20-21H,5,8-9,11-13,16-18H2,1H3/t20-,21-/m0/s1. The number of anilines is 1. The second-order valence-corrected chi connectivity index (χ2v) is 10.0. The van der Waals surface area contributed by atoms with Gasteiger partial charge in [-0.1, -0.05) is 41.9 Å². The second kappa shape index (κ2) is 11.8. The quantitative estimate of drug-likeness (QED) is 0.416. The number of carbonyl (C=O) groups excluding carboxylic acids is 1. The lowest BCUT2D eigenvalue weighted by atomic mass is 10.1. The molecule has 5 rings (SSSR count). The van der Waals surface area contributed by atoms with Crippen molar-refractivity contribution >= 4 is 34.4 Å². The second-order valence-electron chi connectivity index (χ2n) is 9.64. The summed E-state index contributed by atoms with van der Waals surface area (Å²) < 4.78 is 11.6. The van der Waals surface area contributed by atoms with Crippen molar-refractivity contribution in [3.8, 4) is 12.1 Å². The first-order valence-electron chi connectivity index (χ1n) is 12.8. The molecule has 2 atom stereocenters. The molecule has 198 valence electrons. The Morgan fingerprint density at radius 2 is 2.03 bits per heavy atom. The van der Waals surface area contributed by atoms with Crippen LogP contribution < -0.4 is 9.64 Å². The monoisotopic (exact) mass is 535 g/mol. The lowest BCUT2D eigenvalue weighted by Gasteiger charge is -2.40. The number of likely N-dealkylation sites (tertiary alicyclic amines) is 1. The maximum absolute atomic E-state index is 12.9. The summed E-state index contributed by atoms with van der Waals surface area (Å²) in [6.07, 6.45) is 3.61. The number of benzene rings is 1. The van der Waals surface area contributed by atoms with E-state index in [4.69, 9.17) is 26.1 Å². The van der Waals surface area contributed by atoms with Crippen LogP contribution in [0.2, 0.25) is 5.15 Å². The normalized spacial score (nSPS) is 19.9. The summed E-state index contributed by atoms with van der Waals surface area (Å²) in [5, 5.41) is 10.6. The average Bonchev–Trinajstić information content (AvgIpc) is 3.35. The minimum absolute atomic E-state index is 0.168. The highest BCUT2D eigenvalue weighted by molar-refractivity contribution is 6.30. The fraction of sp³-hybridized carbons (Fsp3) is 0.444. The van der Waals surface area contributed by atoms with Gasteiger partial charge in [0.15, 0.2) is 0 Å². The zero-order chi connectivity index (χ0) is 26.5. The van der Waals surface area contributed by atoms with Gasteiger partial charge in [-0.15, -0.1) is 0 Å². The van der Waals surface area contributed by atoms with Crippen molar-refractivity contribution in [3.63, 3.8) is 0 Å². The van der Waals surface area contributed by atoms with E-state index in [2.05, 4.69) is 32.9 Å². The van der Waals surface area contributed by atoms with Gasteiger partial charge >= 0.3 is 12.1 Å². The third-order valence-corrected chi connectivity index (χ3v) is 7.34. The summed E-state index contributed by atoms with van der Waals surface area (Å²) in [5.74, 6) is 0.647. The highest BCUT2D eigenvalue weighted by Crippen LogP contribution is 2.30. The van der Waals surface area contributed by atoms with Crippen molar-refractivity contribution in [2.24, 2.45) is 0 Å². The van der Waals surface area contributed by atoms with Gasteiger partial charge in [-0.05, 0) is 32.0 Å². The zero-order valence-electron chi connectivity index (χ0n) is 21.3. The Labute approximate surface area is 226 Å². The van der Waals surface area contributed by atoms with Crippen LogP contribution in [0.1, 0.15) is 24.8 Å². The molecule has 0 unspecified atom stereocenters. The van der Waals surface area contributed by atoms with Crippen LogP contribution in [0.25, 0.3) is 10.9 Å². The van der Waals surface area contributed by atoms with Gasteiger partial charge in [0, 0.05) is 37.9 Å². The summed E-state index contributed by atoms with van der Waals surface area (Å²) in [5.41, 5.74) is 1.54. The number of fused-ring (bicyclic) bond motifs is 1. The molecule has 1 aromatic carbocycles. The molecule has 0 bridgehead atoms. The van der Waals surface area contributed by atoms with Crippen LogP contribution >= 0.6 is 11.6 Å². The molecule has 11 heteroatoms. The van der Waals surface area contributed by atoms with E-state index in [0.717, 1.165) is 30.3 Å². The maximum Gasteiger partial charge on any atom is 0.410 e. The number of likely N-dealkylation sites (N-methyl/N-ethyl adjacent to an activating group) is 1. The highest BCUT2D eigenvalue weighted by Gasteiger charge is 2.33. The Balaban J connectivity index is 1.34. The number of hydrogen-bond acceptors (Lipinski definition) is 9. The zero-order valence-corrected chi connectivity index (χ0v) is 22.0. The number of pyridine rings is 1. The van der Waals surface area contributed by atoms with Gasteiger partial charge in [-0.25, -0.2) is 9.78 Å². The summed E-state index contributed by atoms with van der Waals surface area (Å²) in [4.78, 5) is 32.5. The van der Waals surface area contributed by atoms with Crippen LogP contribution in [0, 0.1) is 11.3 Å². The molecule has 1 amide bonds. The van der Waals surface area contributed by atoms with Crippen molar-refractivity contribution in [2.45, 2.75) is 38.0 Å². The molecule has 0 N–H and O–H groups in total. The maximum atomic E-state index is 12.9. The molecular weight excluding hydrogens is 506 g/mol. The van der Waals surface area contributed by atoms with E-state index in [1.807, 2.05) is 30.3 Å². The third-order valence-electron chi connectivity index (χ3n) is 7.13. The van der Waals surface area contributed by atoms with Crippen molar-refractivity contribution in [3.05, 3.63) is 53.3 Å². The fourth-order valence-electron chi connectivity index (χ4n) is 5.00. The van der Waals surface area contributed by atoms with Gasteiger partial charge in [0.25, 0.3) is 0 Å². The Bertz CT molecular complexity index is 1320. The summed E-state index contributed by atoms with van der Waals surface area (Å²) in [7, 11) is 2.10. The van der Waals surface area contributed by atoms with Crippen LogP contribution in [0.3, 0.4) is 0 Å². The Hall–Kier alpha value is -3.68. The Morgan fingerprint density at radius 3 is 2.79 bits per heavy atom. The number of nitrogens with zero attached hydrogens (tertiary/aromatic N) is 7.